The number of amides is 1. The zero-order valence-corrected chi connectivity index (χ0v) is 10.8. The number of rotatable bonds is 4. The number of nitrogens with zero attached hydrogens (tertiary/aromatic N) is 1. The van der Waals surface area contributed by atoms with Crippen LogP contribution in [0.2, 0.25) is 0 Å². The molecule has 100 valence electrons. The number of nitrogens with two attached hydrogens (primary N) is 1. The molecule has 0 heterocycles. The molecular weight excluding hydrogens is 238 g/mol. The Morgan fingerprint density at radius 3 is 2.56 bits per heavy atom. The molecule has 0 spiro atoms. The van der Waals surface area contributed by atoms with Crippen molar-refractivity contribution in [1.82, 2.24) is 4.90 Å². The Labute approximate surface area is 106 Å². The molecule has 18 heavy (non-hydrogen) atoms. The van der Waals surface area contributed by atoms with Crippen molar-refractivity contribution >= 4 is 5.91 Å². The number of benzene rings is 1. The first-order chi connectivity index (χ1) is 8.27. The van der Waals surface area contributed by atoms with Crippen molar-refractivity contribution < 1.29 is 13.6 Å². The van der Waals surface area contributed by atoms with Gasteiger partial charge in [-0.05, 0) is 19.4 Å². The van der Waals surface area contributed by atoms with E-state index in [1.165, 1.54) is 11.0 Å². The van der Waals surface area contributed by atoms with Crippen molar-refractivity contribution in [2.45, 2.75) is 32.4 Å². The van der Waals surface area contributed by atoms with Gasteiger partial charge in [-0.2, -0.15) is 0 Å². The summed E-state index contributed by atoms with van der Waals surface area (Å²) >= 11 is 0. The average Bonchev–Trinajstić information content (AvgIpc) is 2.31. The summed E-state index contributed by atoms with van der Waals surface area (Å²) in [5, 5.41) is 0. The SMILES string of the molecule is CCC(C)(N)C(=O)N(C)Cc1ccc(F)cc1F. The molecule has 3 nitrogen and oxygen atoms in total. The van der Waals surface area contributed by atoms with Crippen LogP contribution in [-0.4, -0.2) is 23.4 Å². The summed E-state index contributed by atoms with van der Waals surface area (Å²) < 4.78 is 26.2. The molecule has 1 unspecified atom stereocenters. The fourth-order valence-corrected chi connectivity index (χ4v) is 1.56. The van der Waals surface area contributed by atoms with Crippen LogP contribution in [-0.2, 0) is 11.3 Å². The number of halogens is 2. The van der Waals surface area contributed by atoms with E-state index < -0.39 is 17.2 Å². The van der Waals surface area contributed by atoms with Gasteiger partial charge in [-0.3, -0.25) is 4.79 Å². The molecule has 1 aromatic rings. The second kappa shape index (κ2) is 5.44. The molecular formula is C13H18F2N2O. The fourth-order valence-electron chi connectivity index (χ4n) is 1.56. The first-order valence-corrected chi connectivity index (χ1v) is 5.76. The van der Waals surface area contributed by atoms with E-state index in [0.717, 1.165) is 12.1 Å². The predicted molar refractivity (Wildman–Crippen MR) is 65.7 cm³/mol. The van der Waals surface area contributed by atoms with Crippen LogP contribution >= 0.6 is 0 Å². The minimum absolute atomic E-state index is 0.0672. The van der Waals surface area contributed by atoms with Gasteiger partial charge in [0.05, 0.1) is 5.54 Å². The van der Waals surface area contributed by atoms with Crippen molar-refractivity contribution in [2.75, 3.05) is 7.05 Å². The van der Waals surface area contributed by atoms with Gasteiger partial charge in [-0.15, -0.1) is 0 Å². The summed E-state index contributed by atoms with van der Waals surface area (Å²) in [6, 6.07) is 3.29. The number of hydrogen-bond acceptors (Lipinski definition) is 2. The average molecular weight is 256 g/mol. The number of likely N-dealkylation sites (N-methyl/N-ethyl adjacent to an activating group) is 1. The third-order valence-electron chi connectivity index (χ3n) is 2.99. The number of carbonyl (C=O) groups is 1. The van der Waals surface area contributed by atoms with Crippen LogP contribution in [0.4, 0.5) is 8.78 Å². The van der Waals surface area contributed by atoms with E-state index in [9.17, 15) is 13.6 Å². The van der Waals surface area contributed by atoms with E-state index >= 15 is 0 Å². The van der Waals surface area contributed by atoms with Crippen molar-refractivity contribution in [1.29, 1.82) is 0 Å². The molecule has 0 bridgehead atoms. The molecule has 0 radical (unpaired) electrons. The van der Waals surface area contributed by atoms with Gasteiger partial charge in [0.2, 0.25) is 5.91 Å². The molecule has 1 aromatic carbocycles. The molecule has 1 atom stereocenters. The van der Waals surface area contributed by atoms with Crippen LogP contribution in [0.1, 0.15) is 25.8 Å². The van der Waals surface area contributed by atoms with E-state index in [4.69, 9.17) is 5.73 Å². The summed E-state index contributed by atoms with van der Waals surface area (Å²) in [4.78, 5) is 13.3. The van der Waals surface area contributed by atoms with Crippen LogP contribution in [0.3, 0.4) is 0 Å². The monoisotopic (exact) mass is 256 g/mol. The van der Waals surface area contributed by atoms with Crippen molar-refractivity contribution in [2.24, 2.45) is 5.73 Å². The van der Waals surface area contributed by atoms with Crippen molar-refractivity contribution in [3.8, 4) is 0 Å². The zero-order chi connectivity index (χ0) is 13.9. The lowest BCUT2D eigenvalue weighted by Crippen LogP contribution is -2.51. The summed E-state index contributed by atoms with van der Waals surface area (Å²) in [6.45, 7) is 3.51. The van der Waals surface area contributed by atoms with E-state index in [1.54, 1.807) is 14.0 Å². The first kappa shape index (κ1) is 14.6. The van der Waals surface area contributed by atoms with E-state index in [1.807, 2.05) is 6.92 Å². The van der Waals surface area contributed by atoms with Crippen LogP contribution in [0.5, 0.6) is 0 Å². The third-order valence-corrected chi connectivity index (χ3v) is 2.99. The Morgan fingerprint density at radius 1 is 1.44 bits per heavy atom. The van der Waals surface area contributed by atoms with Crippen LogP contribution in [0.15, 0.2) is 18.2 Å². The van der Waals surface area contributed by atoms with Crippen LogP contribution < -0.4 is 5.73 Å². The molecule has 5 heteroatoms. The molecule has 0 aliphatic heterocycles. The van der Waals surface area contributed by atoms with E-state index in [2.05, 4.69) is 0 Å². The number of carbonyl (C=O) groups excluding carboxylic acids is 1. The molecule has 0 saturated carbocycles. The Balaban J connectivity index is 2.82. The topological polar surface area (TPSA) is 46.3 Å². The highest BCUT2D eigenvalue weighted by molar-refractivity contribution is 5.85. The van der Waals surface area contributed by atoms with Crippen LogP contribution in [0, 0.1) is 11.6 Å². The quantitative estimate of drug-likeness (QED) is 0.896. The van der Waals surface area contributed by atoms with Gasteiger partial charge in [0.1, 0.15) is 11.6 Å². The largest absolute Gasteiger partial charge is 0.340 e. The smallest absolute Gasteiger partial charge is 0.242 e. The second-order valence-electron chi connectivity index (χ2n) is 4.67. The summed E-state index contributed by atoms with van der Waals surface area (Å²) in [5.41, 5.74) is 5.13. The Hall–Kier alpha value is -1.49. The van der Waals surface area contributed by atoms with Gasteiger partial charge < -0.3 is 10.6 Å². The molecule has 0 aromatic heterocycles. The molecule has 2 N–H and O–H groups in total. The van der Waals surface area contributed by atoms with E-state index in [-0.39, 0.29) is 18.0 Å². The summed E-state index contributed by atoms with van der Waals surface area (Å²) in [5.74, 6) is -1.57. The molecule has 0 fully saturated rings. The maximum Gasteiger partial charge on any atom is 0.242 e. The molecule has 1 amide bonds. The van der Waals surface area contributed by atoms with Gasteiger partial charge >= 0.3 is 0 Å². The molecule has 0 aliphatic carbocycles. The standard InChI is InChI=1S/C13H18F2N2O/c1-4-13(2,16)12(18)17(3)8-9-5-6-10(14)7-11(9)15/h5-7H,4,8,16H2,1-3H3. The van der Waals surface area contributed by atoms with Gasteiger partial charge in [-0.1, -0.05) is 13.0 Å². The Bertz CT molecular complexity index is 447. The van der Waals surface area contributed by atoms with E-state index in [0.29, 0.717) is 6.42 Å². The predicted octanol–water partition coefficient (Wildman–Crippen LogP) is 2.05. The maximum atomic E-state index is 13.4. The lowest BCUT2D eigenvalue weighted by Gasteiger charge is -2.28. The molecule has 1 rings (SSSR count). The zero-order valence-electron chi connectivity index (χ0n) is 10.8. The first-order valence-electron chi connectivity index (χ1n) is 5.76. The maximum absolute atomic E-state index is 13.4. The van der Waals surface area contributed by atoms with Gasteiger partial charge in [0.15, 0.2) is 0 Å². The van der Waals surface area contributed by atoms with Crippen LogP contribution in [0.25, 0.3) is 0 Å². The Kier molecular flexibility index (Phi) is 4.40. The number of hydrogen-bond donors (Lipinski definition) is 1. The van der Waals surface area contributed by atoms with Crippen molar-refractivity contribution in [3.05, 3.63) is 35.4 Å². The Morgan fingerprint density at radius 2 is 2.06 bits per heavy atom. The lowest BCUT2D eigenvalue weighted by atomic mass is 9.98. The molecule has 0 aliphatic rings. The van der Waals surface area contributed by atoms with Gasteiger partial charge in [-0.25, -0.2) is 8.78 Å². The summed E-state index contributed by atoms with van der Waals surface area (Å²) in [7, 11) is 1.55. The highest BCUT2D eigenvalue weighted by Gasteiger charge is 2.29. The van der Waals surface area contributed by atoms with Gasteiger partial charge in [0, 0.05) is 25.2 Å². The lowest BCUT2D eigenvalue weighted by molar-refractivity contribution is -0.135. The molecule has 0 saturated heterocycles. The van der Waals surface area contributed by atoms with Gasteiger partial charge in [0.25, 0.3) is 0 Å². The highest BCUT2D eigenvalue weighted by Crippen LogP contribution is 2.15. The second-order valence-corrected chi connectivity index (χ2v) is 4.67. The van der Waals surface area contributed by atoms with Crippen molar-refractivity contribution in [3.63, 3.8) is 0 Å². The minimum Gasteiger partial charge on any atom is -0.340 e. The summed E-state index contributed by atoms with van der Waals surface area (Å²) in [6.07, 6.45) is 0.488. The highest BCUT2D eigenvalue weighted by atomic mass is 19.1. The normalized spacial score (nSPS) is 14.1. The third kappa shape index (κ3) is 3.26. The fraction of sp³-hybridized carbons (Fsp3) is 0.462. The minimum atomic E-state index is -0.967.